The summed E-state index contributed by atoms with van der Waals surface area (Å²) < 4.78 is 61.5. The summed E-state index contributed by atoms with van der Waals surface area (Å²) in [5.74, 6) is 0. The number of nitrogens with zero attached hydrogens (tertiary/aromatic N) is 3. The average molecular weight is 327 g/mol. The first-order chi connectivity index (χ1) is 10.1. The lowest BCUT2D eigenvalue weighted by Crippen LogP contribution is -2.14. The van der Waals surface area contributed by atoms with Crippen LogP contribution in [0.15, 0.2) is 35.5 Å². The van der Waals surface area contributed by atoms with E-state index >= 15 is 0 Å². The van der Waals surface area contributed by atoms with Crippen LogP contribution in [0.3, 0.4) is 0 Å². The number of rotatable bonds is 2. The molecule has 0 atom stereocenters. The Balaban J connectivity index is 2.73. The largest absolute Gasteiger partial charge is 0.433 e. The third-order valence-corrected chi connectivity index (χ3v) is 3.44. The molecule has 0 aliphatic carbocycles. The molecular formula is C13H8F3N3O2S. The minimum Gasteiger partial charge on any atom is -0.238 e. The molecule has 0 spiro atoms. The summed E-state index contributed by atoms with van der Waals surface area (Å²) in [5, 5.41) is -0.912. The molecule has 5 nitrogen and oxygen atoms in total. The number of hydrogen-bond donors (Lipinski definition) is 0. The van der Waals surface area contributed by atoms with Crippen molar-refractivity contribution in [1.29, 1.82) is 0 Å². The molecule has 0 bridgehead atoms. The van der Waals surface area contributed by atoms with Crippen LogP contribution in [0, 0.1) is 6.57 Å². The van der Waals surface area contributed by atoms with Gasteiger partial charge in [-0.15, -0.1) is 0 Å². The molecule has 9 heteroatoms. The molecule has 0 unspecified atom stereocenters. The SMILES string of the molecule is [C-]#[N+]c1cccc(-c2cc(C(F)(F)F)nc(S(C)(=O)=O)n2)c1. The molecule has 2 aromatic rings. The molecule has 0 radical (unpaired) electrons. The zero-order valence-corrected chi connectivity index (χ0v) is 11.9. The van der Waals surface area contributed by atoms with E-state index in [1.807, 2.05) is 0 Å². The Bertz CT molecular complexity index is 871. The van der Waals surface area contributed by atoms with Crippen molar-refractivity contribution in [3.63, 3.8) is 0 Å². The van der Waals surface area contributed by atoms with E-state index in [9.17, 15) is 21.6 Å². The third kappa shape index (κ3) is 3.40. The van der Waals surface area contributed by atoms with Crippen molar-refractivity contribution < 1.29 is 21.6 Å². The van der Waals surface area contributed by atoms with E-state index in [4.69, 9.17) is 6.57 Å². The fourth-order valence-electron chi connectivity index (χ4n) is 1.62. The second-order valence-electron chi connectivity index (χ2n) is 4.35. The van der Waals surface area contributed by atoms with E-state index in [0.29, 0.717) is 6.07 Å². The molecule has 22 heavy (non-hydrogen) atoms. The van der Waals surface area contributed by atoms with Gasteiger partial charge in [0.05, 0.1) is 12.3 Å². The Morgan fingerprint density at radius 2 is 1.86 bits per heavy atom. The van der Waals surface area contributed by atoms with Crippen LogP contribution in [0.25, 0.3) is 16.1 Å². The third-order valence-electron chi connectivity index (χ3n) is 2.60. The maximum atomic E-state index is 12.9. The Labute approximate surface area is 124 Å². The molecule has 0 fully saturated rings. The highest BCUT2D eigenvalue weighted by atomic mass is 32.2. The van der Waals surface area contributed by atoms with E-state index in [2.05, 4.69) is 14.8 Å². The summed E-state index contributed by atoms with van der Waals surface area (Å²) in [5.41, 5.74) is -1.17. The molecule has 0 saturated carbocycles. The fraction of sp³-hybridized carbons (Fsp3) is 0.154. The van der Waals surface area contributed by atoms with Gasteiger partial charge >= 0.3 is 6.18 Å². The predicted octanol–water partition coefficient (Wildman–Crippen LogP) is 3.12. The topological polar surface area (TPSA) is 64.3 Å². The molecule has 1 aromatic carbocycles. The van der Waals surface area contributed by atoms with Crippen molar-refractivity contribution in [1.82, 2.24) is 9.97 Å². The zero-order chi connectivity index (χ0) is 16.5. The van der Waals surface area contributed by atoms with Crippen molar-refractivity contribution in [2.75, 3.05) is 6.26 Å². The monoisotopic (exact) mass is 327 g/mol. The smallest absolute Gasteiger partial charge is 0.238 e. The summed E-state index contributed by atoms with van der Waals surface area (Å²) in [6.45, 7) is 6.90. The Morgan fingerprint density at radius 1 is 1.18 bits per heavy atom. The summed E-state index contributed by atoms with van der Waals surface area (Å²) in [4.78, 5) is 9.89. The van der Waals surface area contributed by atoms with Gasteiger partial charge in [0.15, 0.2) is 5.69 Å². The van der Waals surface area contributed by atoms with E-state index in [1.165, 1.54) is 24.3 Å². The molecule has 1 heterocycles. The van der Waals surface area contributed by atoms with Gasteiger partial charge in [0.2, 0.25) is 15.0 Å². The van der Waals surface area contributed by atoms with Gasteiger partial charge in [-0.05, 0) is 17.7 Å². The number of hydrogen-bond acceptors (Lipinski definition) is 4. The van der Waals surface area contributed by atoms with E-state index < -0.39 is 26.9 Å². The first-order valence-electron chi connectivity index (χ1n) is 5.75. The Morgan fingerprint density at radius 3 is 2.41 bits per heavy atom. The molecule has 0 aliphatic heterocycles. The van der Waals surface area contributed by atoms with Crippen LogP contribution in [0.1, 0.15) is 5.69 Å². The van der Waals surface area contributed by atoms with Gasteiger partial charge < -0.3 is 0 Å². The highest BCUT2D eigenvalue weighted by Gasteiger charge is 2.34. The lowest BCUT2D eigenvalue weighted by molar-refractivity contribution is -0.141. The standard InChI is InChI=1S/C13H8F3N3O2S/c1-17-9-5-3-4-8(6-9)10-7-11(13(14,15)16)19-12(18-10)22(2,20)21/h3-7H,2H3. The summed E-state index contributed by atoms with van der Waals surface area (Å²) >= 11 is 0. The molecule has 0 amide bonds. The molecule has 1 aromatic heterocycles. The molecular weight excluding hydrogens is 319 g/mol. The maximum Gasteiger partial charge on any atom is 0.433 e. The average Bonchev–Trinajstić information content (AvgIpc) is 2.45. The van der Waals surface area contributed by atoms with Gasteiger partial charge in [-0.2, -0.15) is 13.2 Å². The first-order valence-corrected chi connectivity index (χ1v) is 7.64. The van der Waals surface area contributed by atoms with Gasteiger partial charge in [0.1, 0.15) is 5.69 Å². The summed E-state index contributed by atoms with van der Waals surface area (Å²) in [7, 11) is -4.01. The molecule has 0 N–H and O–H groups in total. The number of aromatic nitrogens is 2. The molecule has 2 rings (SSSR count). The van der Waals surface area contributed by atoms with E-state index in [-0.39, 0.29) is 16.9 Å². The predicted molar refractivity (Wildman–Crippen MR) is 71.8 cm³/mol. The van der Waals surface area contributed by atoms with Crippen molar-refractivity contribution in [2.45, 2.75) is 11.3 Å². The Hall–Kier alpha value is -2.47. The minimum absolute atomic E-state index is 0.200. The lowest BCUT2D eigenvalue weighted by atomic mass is 10.1. The van der Waals surface area contributed by atoms with Crippen molar-refractivity contribution >= 4 is 15.5 Å². The van der Waals surface area contributed by atoms with E-state index in [1.54, 1.807) is 0 Å². The second kappa shape index (κ2) is 5.38. The normalized spacial score (nSPS) is 12.0. The number of alkyl halides is 3. The fourth-order valence-corrected chi connectivity index (χ4v) is 2.15. The maximum absolute atomic E-state index is 12.9. The second-order valence-corrected chi connectivity index (χ2v) is 6.26. The van der Waals surface area contributed by atoms with Gasteiger partial charge in [0, 0.05) is 6.26 Å². The van der Waals surface area contributed by atoms with Crippen LogP contribution >= 0.6 is 0 Å². The molecule has 114 valence electrons. The number of sulfone groups is 1. The molecule has 0 aliphatic rings. The highest BCUT2D eigenvalue weighted by molar-refractivity contribution is 7.90. The quantitative estimate of drug-likeness (QED) is 0.628. The number of halogens is 3. The van der Waals surface area contributed by atoms with Gasteiger partial charge in [-0.25, -0.2) is 23.2 Å². The number of benzene rings is 1. The van der Waals surface area contributed by atoms with Crippen LogP contribution < -0.4 is 0 Å². The van der Waals surface area contributed by atoms with Crippen LogP contribution in [-0.2, 0) is 16.0 Å². The van der Waals surface area contributed by atoms with Crippen LogP contribution in [-0.4, -0.2) is 24.6 Å². The van der Waals surface area contributed by atoms with Gasteiger partial charge in [-0.3, -0.25) is 0 Å². The zero-order valence-electron chi connectivity index (χ0n) is 11.1. The van der Waals surface area contributed by atoms with Crippen LogP contribution in [0.5, 0.6) is 0 Å². The lowest BCUT2D eigenvalue weighted by Gasteiger charge is -2.10. The van der Waals surface area contributed by atoms with Crippen molar-refractivity contribution in [3.8, 4) is 11.3 Å². The first kappa shape index (κ1) is 15.9. The Kier molecular flexibility index (Phi) is 3.89. The van der Waals surface area contributed by atoms with E-state index in [0.717, 1.165) is 6.26 Å². The van der Waals surface area contributed by atoms with Crippen LogP contribution in [0.2, 0.25) is 0 Å². The minimum atomic E-state index is -4.81. The van der Waals surface area contributed by atoms with Gasteiger partial charge in [0.25, 0.3) is 0 Å². The highest BCUT2D eigenvalue weighted by Crippen LogP contribution is 2.31. The van der Waals surface area contributed by atoms with Crippen LogP contribution in [0.4, 0.5) is 18.9 Å². The van der Waals surface area contributed by atoms with Gasteiger partial charge in [-0.1, -0.05) is 18.2 Å². The molecule has 0 saturated heterocycles. The summed E-state index contributed by atoms with van der Waals surface area (Å²) in [6, 6.07) is 6.35. The summed E-state index contributed by atoms with van der Waals surface area (Å²) in [6.07, 6.45) is -4.09. The van der Waals surface area contributed by atoms with Crippen molar-refractivity contribution in [3.05, 3.63) is 47.4 Å². The van der Waals surface area contributed by atoms with Crippen molar-refractivity contribution in [2.24, 2.45) is 0 Å².